The Labute approximate surface area is 69.3 Å². The molecular weight excluding hydrogens is 162 g/mol. The van der Waals surface area contributed by atoms with Crippen LogP contribution in [0.1, 0.15) is 6.42 Å². The summed E-state index contributed by atoms with van der Waals surface area (Å²) in [5.41, 5.74) is 11.3. The number of fused-ring (bicyclic) bond motifs is 1. The zero-order valence-corrected chi connectivity index (χ0v) is 6.88. The molecule has 2 fully saturated rings. The molecule has 1 amide bonds. The molecule has 2 rings (SSSR count). The maximum Gasteiger partial charge on any atom is 0.241 e. The average molecular weight is 173 g/mol. The Hall–Kier alpha value is -0.260. The molecule has 2 heterocycles. The average Bonchev–Trinajstić information content (AvgIpc) is 2.41. The fourth-order valence-corrected chi connectivity index (χ4v) is 2.92. The topological polar surface area (TPSA) is 72.3 Å². The SMILES string of the molecule is NC1CS[C@H]2C[C@@H](N)C(=O)N12. The minimum absolute atomic E-state index is 0.0208. The maximum absolute atomic E-state index is 11.3. The third-order valence-electron chi connectivity index (χ3n) is 2.15. The zero-order chi connectivity index (χ0) is 8.01. The number of amides is 1. The van der Waals surface area contributed by atoms with Gasteiger partial charge in [-0.25, -0.2) is 0 Å². The normalized spacial score (nSPS) is 43.3. The van der Waals surface area contributed by atoms with Gasteiger partial charge >= 0.3 is 0 Å². The van der Waals surface area contributed by atoms with E-state index in [4.69, 9.17) is 11.5 Å². The van der Waals surface area contributed by atoms with Crippen LogP contribution >= 0.6 is 11.8 Å². The van der Waals surface area contributed by atoms with E-state index in [2.05, 4.69) is 0 Å². The highest BCUT2D eigenvalue weighted by Crippen LogP contribution is 2.34. The van der Waals surface area contributed by atoms with Crippen molar-refractivity contribution in [3.63, 3.8) is 0 Å². The predicted octanol–water partition coefficient (Wildman–Crippen LogP) is -1.10. The molecule has 11 heavy (non-hydrogen) atoms. The third-order valence-corrected chi connectivity index (χ3v) is 3.49. The standard InChI is InChI=1S/C6H11N3OS/c7-3-1-5-9(6(3)10)4(8)2-11-5/h3-5H,1-2,7-8H2/t3-,4?,5+/m1/s1. The van der Waals surface area contributed by atoms with Gasteiger partial charge in [-0.1, -0.05) is 0 Å². The zero-order valence-electron chi connectivity index (χ0n) is 6.06. The number of hydrogen-bond acceptors (Lipinski definition) is 4. The molecule has 0 aliphatic carbocycles. The number of rotatable bonds is 0. The summed E-state index contributed by atoms with van der Waals surface area (Å²) >= 11 is 1.73. The molecule has 2 aliphatic rings. The highest BCUT2D eigenvalue weighted by atomic mass is 32.2. The molecule has 0 aromatic rings. The molecule has 2 aliphatic heterocycles. The summed E-state index contributed by atoms with van der Waals surface area (Å²) in [6, 6.07) is -0.307. The minimum atomic E-state index is -0.307. The number of carbonyl (C=O) groups is 1. The Kier molecular flexibility index (Phi) is 1.59. The minimum Gasteiger partial charge on any atom is -0.320 e. The van der Waals surface area contributed by atoms with Crippen LogP contribution in [0.15, 0.2) is 0 Å². The van der Waals surface area contributed by atoms with Gasteiger partial charge in [0.15, 0.2) is 0 Å². The Morgan fingerprint density at radius 2 is 2.27 bits per heavy atom. The van der Waals surface area contributed by atoms with Crippen LogP contribution in [0.25, 0.3) is 0 Å². The van der Waals surface area contributed by atoms with Crippen LogP contribution in [0.5, 0.6) is 0 Å². The summed E-state index contributed by atoms with van der Waals surface area (Å²) in [4.78, 5) is 13.0. The van der Waals surface area contributed by atoms with Crippen LogP contribution < -0.4 is 11.5 Å². The van der Waals surface area contributed by atoms with E-state index in [1.165, 1.54) is 0 Å². The van der Waals surface area contributed by atoms with Crippen molar-refractivity contribution in [1.29, 1.82) is 0 Å². The van der Waals surface area contributed by atoms with Crippen LogP contribution in [-0.4, -0.2) is 34.1 Å². The molecule has 3 atom stereocenters. The molecule has 2 saturated heterocycles. The van der Waals surface area contributed by atoms with Gasteiger partial charge in [-0.2, -0.15) is 0 Å². The van der Waals surface area contributed by atoms with Crippen molar-refractivity contribution in [2.75, 3.05) is 5.75 Å². The van der Waals surface area contributed by atoms with Crippen molar-refractivity contribution < 1.29 is 4.79 Å². The van der Waals surface area contributed by atoms with E-state index in [1.54, 1.807) is 16.7 Å². The van der Waals surface area contributed by atoms with E-state index >= 15 is 0 Å². The van der Waals surface area contributed by atoms with E-state index in [-0.39, 0.29) is 23.5 Å². The van der Waals surface area contributed by atoms with Gasteiger partial charge < -0.3 is 16.4 Å². The monoisotopic (exact) mass is 173 g/mol. The molecule has 0 aromatic carbocycles. The van der Waals surface area contributed by atoms with Gasteiger partial charge in [0.1, 0.15) is 0 Å². The summed E-state index contributed by atoms with van der Waals surface area (Å²) < 4.78 is 0. The van der Waals surface area contributed by atoms with E-state index in [1.807, 2.05) is 0 Å². The van der Waals surface area contributed by atoms with Crippen molar-refractivity contribution in [2.24, 2.45) is 11.5 Å². The van der Waals surface area contributed by atoms with Gasteiger partial charge in [-0.05, 0) is 0 Å². The Balaban J connectivity index is 2.20. The largest absolute Gasteiger partial charge is 0.320 e. The number of carbonyl (C=O) groups excluding carboxylic acids is 1. The first kappa shape index (κ1) is 7.39. The van der Waals surface area contributed by atoms with Gasteiger partial charge in [-0.3, -0.25) is 4.79 Å². The fourth-order valence-electron chi connectivity index (χ4n) is 1.58. The van der Waals surface area contributed by atoms with Gasteiger partial charge in [0.25, 0.3) is 0 Å². The Morgan fingerprint density at radius 1 is 1.55 bits per heavy atom. The molecule has 0 saturated carbocycles. The molecule has 4 N–H and O–H groups in total. The summed E-state index contributed by atoms with van der Waals surface area (Å²) in [5, 5.41) is 0.257. The number of nitrogens with two attached hydrogens (primary N) is 2. The first-order valence-electron chi connectivity index (χ1n) is 3.65. The second kappa shape index (κ2) is 2.36. The van der Waals surface area contributed by atoms with Gasteiger partial charge in [0, 0.05) is 12.2 Å². The van der Waals surface area contributed by atoms with E-state index in [0.29, 0.717) is 0 Å². The Bertz CT molecular complexity index is 198. The molecule has 5 heteroatoms. The van der Waals surface area contributed by atoms with Crippen LogP contribution in [0, 0.1) is 0 Å². The summed E-state index contributed by atoms with van der Waals surface area (Å²) in [5.74, 6) is 0.871. The lowest BCUT2D eigenvalue weighted by Gasteiger charge is -2.18. The second-order valence-electron chi connectivity index (χ2n) is 2.94. The van der Waals surface area contributed by atoms with Crippen molar-refractivity contribution in [1.82, 2.24) is 4.90 Å². The lowest BCUT2D eigenvalue weighted by Crippen LogP contribution is -2.45. The molecule has 4 nitrogen and oxygen atoms in total. The van der Waals surface area contributed by atoms with Crippen LogP contribution in [0.4, 0.5) is 0 Å². The van der Waals surface area contributed by atoms with E-state index < -0.39 is 0 Å². The van der Waals surface area contributed by atoms with Crippen molar-refractivity contribution in [3.05, 3.63) is 0 Å². The fraction of sp³-hybridized carbons (Fsp3) is 0.833. The van der Waals surface area contributed by atoms with Crippen molar-refractivity contribution in [3.8, 4) is 0 Å². The summed E-state index contributed by atoms with van der Waals surface area (Å²) in [6.07, 6.45) is 0.656. The first-order valence-corrected chi connectivity index (χ1v) is 4.70. The van der Waals surface area contributed by atoms with Crippen LogP contribution in [0.3, 0.4) is 0 Å². The molecule has 1 unspecified atom stereocenters. The molecule has 62 valence electrons. The lowest BCUT2D eigenvalue weighted by atomic mass is 10.3. The molecule has 0 radical (unpaired) electrons. The highest BCUT2D eigenvalue weighted by molar-refractivity contribution is 8.00. The van der Waals surface area contributed by atoms with Gasteiger partial charge in [0.05, 0.1) is 17.6 Å². The number of thioether (sulfide) groups is 1. The Morgan fingerprint density at radius 3 is 2.91 bits per heavy atom. The summed E-state index contributed by atoms with van der Waals surface area (Å²) in [6.45, 7) is 0. The third kappa shape index (κ3) is 0.953. The van der Waals surface area contributed by atoms with Gasteiger partial charge in [0.2, 0.25) is 5.91 Å². The molecule has 0 bridgehead atoms. The molecule has 0 aromatic heterocycles. The molecule has 0 spiro atoms. The highest BCUT2D eigenvalue weighted by Gasteiger charge is 2.44. The van der Waals surface area contributed by atoms with Gasteiger partial charge in [-0.15, -0.1) is 11.8 Å². The number of nitrogens with zero attached hydrogens (tertiary/aromatic N) is 1. The van der Waals surface area contributed by atoms with Crippen molar-refractivity contribution >= 4 is 17.7 Å². The van der Waals surface area contributed by atoms with Crippen molar-refractivity contribution in [2.45, 2.75) is 24.0 Å². The smallest absolute Gasteiger partial charge is 0.241 e. The first-order chi connectivity index (χ1) is 5.20. The number of hydrogen-bond donors (Lipinski definition) is 2. The van der Waals surface area contributed by atoms with E-state index in [0.717, 1.165) is 12.2 Å². The summed E-state index contributed by atoms with van der Waals surface area (Å²) in [7, 11) is 0. The maximum atomic E-state index is 11.3. The van der Waals surface area contributed by atoms with E-state index in [9.17, 15) is 4.79 Å². The lowest BCUT2D eigenvalue weighted by molar-refractivity contribution is -0.130. The molecular formula is C6H11N3OS. The second-order valence-corrected chi connectivity index (χ2v) is 4.15. The quantitative estimate of drug-likeness (QED) is 0.488. The van der Waals surface area contributed by atoms with Crippen LogP contribution in [-0.2, 0) is 4.79 Å². The van der Waals surface area contributed by atoms with Crippen LogP contribution in [0.2, 0.25) is 0 Å². The predicted molar refractivity (Wildman–Crippen MR) is 43.7 cm³/mol.